The second-order valence-electron chi connectivity index (χ2n) is 7.53. The number of amides is 1. The molecule has 1 amide bonds. The van der Waals surface area contributed by atoms with E-state index in [9.17, 15) is 13.6 Å². The van der Waals surface area contributed by atoms with Crippen LogP contribution in [0.1, 0.15) is 36.0 Å². The van der Waals surface area contributed by atoms with Crippen molar-refractivity contribution in [2.45, 2.75) is 38.0 Å². The molecule has 2 fully saturated rings. The van der Waals surface area contributed by atoms with Gasteiger partial charge in [-0.2, -0.15) is 0 Å². The summed E-state index contributed by atoms with van der Waals surface area (Å²) >= 11 is 0. The van der Waals surface area contributed by atoms with E-state index in [1.807, 2.05) is 12.1 Å². The van der Waals surface area contributed by atoms with Crippen LogP contribution in [0, 0.1) is 11.6 Å². The first-order valence-corrected chi connectivity index (χ1v) is 9.93. The van der Waals surface area contributed by atoms with Crippen LogP contribution in [-0.2, 0) is 22.6 Å². The van der Waals surface area contributed by atoms with Gasteiger partial charge in [0.25, 0.3) is 0 Å². The summed E-state index contributed by atoms with van der Waals surface area (Å²) in [5.74, 6) is 0.247. The fourth-order valence-electron chi connectivity index (χ4n) is 3.90. The Balaban J connectivity index is 1.39. The summed E-state index contributed by atoms with van der Waals surface area (Å²) in [6.07, 6.45) is 0.947. The minimum Gasteiger partial charge on any atom is -0.463 e. The molecule has 2 aliphatic rings. The van der Waals surface area contributed by atoms with E-state index in [1.165, 1.54) is 12.1 Å². The first-order chi connectivity index (χ1) is 14.1. The lowest BCUT2D eigenvalue weighted by molar-refractivity contribution is -0.123. The fourth-order valence-corrected chi connectivity index (χ4v) is 3.90. The smallest absolute Gasteiger partial charge is 0.220 e. The number of piperidine rings is 1. The molecular weight excluding hydrogens is 380 g/mol. The molecule has 4 rings (SSSR count). The van der Waals surface area contributed by atoms with Crippen molar-refractivity contribution in [3.8, 4) is 0 Å². The quantitative estimate of drug-likeness (QED) is 0.773. The highest BCUT2D eigenvalue weighted by molar-refractivity contribution is 5.77. The molecule has 2 aliphatic heterocycles. The van der Waals surface area contributed by atoms with Gasteiger partial charge in [-0.05, 0) is 36.2 Å². The maximum atomic E-state index is 13.7. The third-order valence-electron chi connectivity index (χ3n) is 5.38. The Morgan fingerprint density at radius 3 is 2.59 bits per heavy atom. The Morgan fingerprint density at radius 2 is 1.83 bits per heavy atom. The van der Waals surface area contributed by atoms with Crippen LogP contribution in [0.2, 0.25) is 0 Å². The third kappa shape index (κ3) is 5.20. The van der Waals surface area contributed by atoms with Gasteiger partial charge in [0.15, 0.2) is 0 Å². The van der Waals surface area contributed by atoms with Crippen molar-refractivity contribution in [2.75, 3.05) is 26.3 Å². The number of benzene rings is 1. The number of carbonyl (C=O) groups excluding carboxylic acids is 1. The number of furan rings is 1. The van der Waals surface area contributed by atoms with Gasteiger partial charge in [-0.3, -0.25) is 9.69 Å². The molecule has 0 aliphatic carbocycles. The molecule has 3 heterocycles. The second kappa shape index (κ2) is 9.02. The van der Waals surface area contributed by atoms with Gasteiger partial charge < -0.3 is 19.8 Å². The van der Waals surface area contributed by atoms with Crippen LogP contribution in [-0.4, -0.2) is 43.2 Å². The van der Waals surface area contributed by atoms with Crippen LogP contribution in [0.3, 0.4) is 0 Å². The van der Waals surface area contributed by atoms with Crippen molar-refractivity contribution in [2.24, 2.45) is 0 Å². The first-order valence-electron chi connectivity index (χ1n) is 9.93. The molecule has 0 radical (unpaired) electrons. The number of morpholine rings is 1. The van der Waals surface area contributed by atoms with Gasteiger partial charge in [-0.15, -0.1) is 0 Å². The maximum absolute atomic E-state index is 13.7. The number of ether oxygens (including phenoxy) is 1. The van der Waals surface area contributed by atoms with Crippen LogP contribution in [0.4, 0.5) is 8.78 Å². The number of halogens is 2. The van der Waals surface area contributed by atoms with E-state index in [-0.39, 0.29) is 11.9 Å². The maximum Gasteiger partial charge on any atom is 0.220 e. The fraction of sp³-hybridized carbons (Fsp3) is 0.476. The van der Waals surface area contributed by atoms with E-state index < -0.39 is 17.7 Å². The van der Waals surface area contributed by atoms with Crippen molar-refractivity contribution < 1.29 is 22.7 Å². The molecule has 2 aromatic rings. The standard InChI is InChI=1S/C21H25F2N3O3/c22-15-9-14(10-16(23)11-15)21-19(3-4-20(27)25-21)24-12-17-1-2-18(29-17)13-26-5-7-28-8-6-26/h1-2,9-11,19,21,24H,3-8,12-13H2,(H,25,27)/t19-,21+/m1/s1. The molecule has 0 saturated carbocycles. The summed E-state index contributed by atoms with van der Waals surface area (Å²) < 4.78 is 38.6. The van der Waals surface area contributed by atoms with E-state index in [2.05, 4.69) is 15.5 Å². The van der Waals surface area contributed by atoms with E-state index in [1.54, 1.807) is 0 Å². The van der Waals surface area contributed by atoms with Gasteiger partial charge in [0.1, 0.15) is 23.2 Å². The lowest BCUT2D eigenvalue weighted by Gasteiger charge is -2.33. The zero-order chi connectivity index (χ0) is 20.2. The Bertz CT molecular complexity index is 831. The predicted octanol–water partition coefficient (Wildman–Crippen LogP) is 2.50. The highest BCUT2D eigenvalue weighted by Crippen LogP contribution is 2.26. The van der Waals surface area contributed by atoms with Crippen molar-refractivity contribution in [1.29, 1.82) is 0 Å². The molecule has 0 unspecified atom stereocenters. The highest BCUT2D eigenvalue weighted by atomic mass is 19.1. The molecule has 2 atom stereocenters. The average molecular weight is 405 g/mol. The number of hydrogen-bond acceptors (Lipinski definition) is 5. The van der Waals surface area contributed by atoms with E-state index >= 15 is 0 Å². The predicted molar refractivity (Wildman–Crippen MR) is 102 cm³/mol. The van der Waals surface area contributed by atoms with Gasteiger partial charge in [-0.1, -0.05) is 0 Å². The first kappa shape index (κ1) is 20.0. The van der Waals surface area contributed by atoms with E-state index in [4.69, 9.17) is 9.15 Å². The van der Waals surface area contributed by atoms with Crippen LogP contribution < -0.4 is 10.6 Å². The van der Waals surface area contributed by atoms with Crippen LogP contribution in [0.15, 0.2) is 34.7 Å². The number of carbonyl (C=O) groups is 1. The van der Waals surface area contributed by atoms with E-state index in [0.29, 0.717) is 24.9 Å². The molecule has 29 heavy (non-hydrogen) atoms. The Morgan fingerprint density at radius 1 is 1.10 bits per heavy atom. The molecular formula is C21H25F2N3O3. The zero-order valence-corrected chi connectivity index (χ0v) is 16.1. The largest absolute Gasteiger partial charge is 0.463 e. The van der Waals surface area contributed by atoms with Crippen LogP contribution in [0.25, 0.3) is 0 Å². The molecule has 1 aromatic heterocycles. The molecule has 2 N–H and O–H groups in total. The Kier molecular flexibility index (Phi) is 6.22. The average Bonchev–Trinajstić information content (AvgIpc) is 3.14. The minimum atomic E-state index is -0.655. The Hall–Kier alpha value is -2.29. The number of hydrogen-bond donors (Lipinski definition) is 2. The normalized spacial score (nSPS) is 23.2. The van der Waals surface area contributed by atoms with Gasteiger partial charge in [-0.25, -0.2) is 8.78 Å². The van der Waals surface area contributed by atoms with Crippen molar-refractivity contribution in [1.82, 2.24) is 15.5 Å². The summed E-state index contributed by atoms with van der Waals surface area (Å²) in [6.45, 7) is 4.48. The minimum absolute atomic E-state index is 0.122. The zero-order valence-electron chi connectivity index (χ0n) is 16.1. The molecule has 156 valence electrons. The van der Waals surface area contributed by atoms with Crippen molar-refractivity contribution in [3.63, 3.8) is 0 Å². The Labute approximate surface area is 168 Å². The second-order valence-corrected chi connectivity index (χ2v) is 7.53. The topological polar surface area (TPSA) is 66.7 Å². The summed E-state index contributed by atoms with van der Waals surface area (Å²) in [7, 11) is 0. The van der Waals surface area contributed by atoms with Gasteiger partial charge in [0.05, 0.1) is 32.3 Å². The van der Waals surface area contributed by atoms with Gasteiger partial charge >= 0.3 is 0 Å². The lowest BCUT2D eigenvalue weighted by atomic mass is 9.91. The summed E-state index contributed by atoms with van der Waals surface area (Å²) in [5, 5.41) is 6.22. The number of nitrogens with zero attached hydrogens (tertiary/aromatic N) is 1. The van der Waals surface area contributed by atoms with Crippen molar-refractivity contribution in [3.05, 3.63) is 59.1 Å². The lowest BCUT2D eigenvalue weighted by Crippen LogP contribution is -2.48. The van der Waals surface area contributed by atoms with Gasteiger partial charge in [0.2, 0.25) is 5.91 Å². The van der Waals surface area contributed by atoms with Crippen LogP contribution >= 0.6 is 0 Å². The number of rotatable bonds is 6. The molecule has 6 nitrogen and oxygen atoms in total. The molecule has 0 spiro atoms. The summed E-state index contributed by atoms with van der Waals surface area (Å²) in [4.78, 5) is 14.2. The SMILES string of the molecule is O=C1CC[C@@H](NCc2ccc(CN3CCOCC3)o2)[C@H](c2cc(F)cc(F)c2)N1. The van der Waals surface area contributed by atoms with Crippen LogP contribution in [0.5, 0.6) is 0 Å². The highest BCUT2D eigenvalue weighted by Gasteiger charge is 2.30. The molecule has 0 bridgehead atoms. The molecule has 1 aromatic carbocycles. The number of nitrogens with one attached hydrogen (secondary N) is 2. The van der Waals surface area contributed by atoms with Crippen molar-refractivity contribution >= 4 is 5.91 Å². The van der Waals surface area contributed by atoms with E-state index in [0.717, 1.165) is 50.4 Å². The monoisotopic (exact) mass is 405 g/mol. The summed E-state index contributed by atoms with van der Waals surface area (Å²) in [5.41, 5.74) is 0.417. The molecule has 2 saturated heterocycles. The molecule has 8 heteroatoms. The third-order valence-corrected chi connectivity index (χ3v) is 5.38. The summed E-state index contributed by atoms with van der Waals surface area (Å²) in [6, 6.07) is 6.61. The van der Waals surface area contributed by atoms with Gasteiger partial charge in [0, 0.05) is 31.6 Å².